The van der Waals surface area contributed by atoms with Crippen molar-refractivity contribution in [1.82, 2.24) is 20.0 Å². The number of carbonyl (C=O) groups is 1. The van der Waals surface area contributed by atoms with E-state index in [1.807, 2.05) is 54.0 Å². The van der Waals surface area contributed by atoms with E-state index in [-0.39, 0.29) is 36.8 Å². The first kappa shape index (κ1) is 23.0. The molecule has 156 valence electrons. The summed E-state index contributed by atoms with van der Waals surface area (Å²) in [6.45, 7) is 4.25. The van der Waals surface area contributed by atoms with E-state index in [0.29, 0.717) is 17.9 Å². The van der Waals surface area contributed by atoms with Gasteiger partial charge >= 0.3 is 0 Å². The third-order valence-corrected chi connectivity index (χ3v) is 4.83. The highest BCUT2D eigenvalue weighted by Crippen LogP contribution is 2.20. The van der Waals surface area contributed by atoms with Crippen LogP contribution in [0.4, 0.5) is 0 Å². The zero-order valence-corrected chi connectivity index (χ0v) is 17.9. The van der Waals surface area contributed by atoms with Crippen molar-refractivity contribution in [1.29, 1.82) is 0 Å². The first-order valence-corrected chi connectivity index (χ1v) is 9.37. The number of fused-ring (bicyclic) bond motifs is 1. The van der Waals surface area contributed by atoms with Crippen molar-refractivity contribution >= 4 is 36.4 Å². The number of ether oxygens (including phenoxy) is 1. The van der Waals surface area contributed by atoms with Crippen LogP contribution in [0.1, 0.15) is 34.5 Å². The van der Waals surface area contributed by atoms with E-state index < -0.39 is 0 Å². The van der Waals surface area contributed by atoms with Gasteiger partial charge in [0.05, 0.1) is 11.3 Å². The highest BCUT2D eigenvalue weighted by atomic mass is 35.5. The minimum atomic E-state index is -0.0804. The number of nitrogens with zero attached hydrogens (tertiary/aromatic N) is 2. The fourth-order valence-electron chi connectivity index (χ4n) is 3.39. The summed E-state index contributed by atoms with van der Waals surface area (Å²) in [5.74, 6) is 0.500. The van der Waals surface area contributed by atoms with E-state index in [1.165, 1.54) is 5.56 Å². The molecule has 0 atom stereocenters. The van der Waals surface area contributed by atoms with Gasteiger partial charge in [0.1, 0.15) is 18.0 Å². The molecule has 8 heteroatoms. The van der Waals surface area contributed by atoms with Gasteiger partial charge < -0.3 is 19.8 Å². The summed E-state index contributed by atoms with van der Waals surface area (Å²) in [5.41, 5.74) is 3.45. The molecule has 3 aromatic rings. The van der Waals surface area contributed by atoms with Crippen LogP contribution in [0.15, 0.2) is 48.8 Å². The van der Waals surface area contributed by atoms with Crippen molar-refractivity contribution in [2.45, 2.75) is 32.4 Å². The molecule has 1 aromatic carbocycles. The molecule has 0 unspecified atom stereocenters. The Labute approximate surface area is 182 Å². The van der Waals surface area contributed by atoms with Crippen LogP contribution in [0.25, 0.3) is 5.65 Å². The number of piperidine rings is 1. The Morgan fingerprint density at radius 3 is 2.72 bits per heavy atom. The minimum Gasteiger partial charge on any atom is -0.486 e. The summed E-state index contributed by atoms with van der Waals surface area (Å²) in [5, 5.41) is 6.43. The van der Waals surface area contributed by atoms with Gasteiger partial charge in [0.2, 0.25) is 0 Å². The lowest BCUT2D eigenvalue weighted by atomic mass is 10.1. The van der Waals surface area contributed by atoms with E-state index in [2.05, 4.69) is 15.6 Å². The van der Waals surface area contributed by atoms with Crippen LogP contribution >= 0.6 is 24.8 Å². The fraction of sp³-hybridized carbons (Fsp3) is 0.333. The second kappa shape index (κ2) is 10.5. The Kier molecular flexibility index (Phi) is 8.32. The molecule has 0 bridgehead atoms. The minimum absolute atomic E-state index is 0. The van der Waals surface area contributed by atoms with Gasteiger partial charge in [0, 0.05) is 18.4 Å². The van der Waals surface area contributed by atoms with Gasteiger partial charge in [-0.05, 0) is 56.6 Å². The van der Waals surface area contributed by atoms with E-state index in [4.69, 9.17) is 4.74 Å². The van der Waals surface area contributed by atoms with Crippen LogP contribution < -0.4 is 15.4 Å². The van der Waals surface area contributed by atoms with Gasteiger partial charge in [0.25, 0.3) is 5.91 Å². The summed E-state index contributed by atoms with van der Waals surface area (Å²) in [4.78, 5) is 17.3. The number of hydrogen-bond donors (Lipinski definition) is 2. The monoisotopic (exact) mass is 436 g/mol. The molecule has 4 rings (SSSR count). The molecule has 2 N–H and O–H groups in total. The molecule has 1 aliphatic heterocycles. The van der Waals surface area contributed by atoms with Crippen LogP contribution in [-0.2, 0) is 6.61 Å². The van der Waals surface area contributed by atoms with E-state index in [1.54, 1.807) is 6.07 Å². The van der Waals surface area contributed by atoms with E-state index >= 15 is 0 Å². The number of pyridine rings is 1. The van der Waals surface area contributed by atoms with Crippen molar-refractivity contribution in [3.05, 3.63) is 65.6 Å². The van der Waals surface area contributed by atoms with Crippen molar-refractivity contribution < 1.29 is 9.53 Å². The molecule has 1 saturated heterocycles. The van der Waals surface area contributed by atoms with Gasteiger partial charge in [-0.1, -0.05) is 18.2 Å². The molecule has 3 heterocycles. The summed E-state index contributed by atoms with van der Waals surface area (Å²) in [7, 11) is 0. The third-order valence-electron chi connectivity index (χ3n) is 4.83. The average molecular weight is 437 g/mol. The number of rotatable bonds is 5. The number of imidazole rings is 1. The maximum atomic E-state index is 12.7. The molecule has 1 aliphatic rings. The Balaban J connectivity index is 0.00000150. The van der Waals surface area contributed by atoms with Crippen molar-refractivity contribution in [2.75, 3.05) is 13.1 Å². The SMILES string of the molecule is Cc1ccc2nc(COc3ccccc3C(=O)NC3CCNCC3)cn2c1.Cl.Cl. The Morgan fingerprint density at radius 2 is 1.93 bits per heavy atom. The summed E-state index contributed by atoms with van der Waals surface area (Å²) < 4.78 is 7.93. The molecule has 1 fully saturated rings. The topological polar surface area (TPSA) is 67.7 Å². The van der Waals surface area contributed by atoms with Gasteiger partial charge in [0.15, 0.2) is 0 Å². The first-order valence-electron chi connectivity index (χ1n) is 9.37. The zero-order valence-electron chi connectivity index (χ0n) is 16.3. The van der Waals surface area contributed by atoms with Crippen LogP contribution in [0, 0.1) is 6.92 Å². The maximum Gasteiger partial charge on any atom is 0.255 e. The third kappa shape index (κ3) is 5.63. The highest BCUT2D eigenvalue weighted by Gasteiger charge is 2.19. The number of nitrogens with one attached hydrogen (secondary N) is 2. The quantitative estimate of drug-likeness (QED) is 0.641. The van der Waals surface area contributed by atoms with Gasteiger partial charge in [-0.2, -0.15) is 0 Å². The number of aromatic nitrogens is 2. The van der Waals surface area contributed by atoms with Crippen LogP contribution in [0.5, 0.6) is 5.75 Å². The number of aryl methyl sites for hydroxylation is 1. The van der Waals surface area contributed by atoms with Crippen molar-refractivity contribution in [3.63, 3.8) is 0 Å². The Morgan fingerprint density at radius 1 is 1.17 bits per heavy atom. The summed E-state index contributed by atoms with van der Waals surface area (Å²) >= 11 is 0. The molecular weight excluding hydrogens is 411 g/mol. The number of carbonyl (C=O) groups excluding carboxylic acids is 1. The van der Waals surface area contributed by atoms with Crippen LogP contribution in [0.3, 0.4) is 0 Å². The number of hydrogen-bond acceptors (Lipinski definition) is 4. The first-order chi connectivity index (χ1) is 13.2. The van der Waals surface area contributed by atoms with E-state index in [9.17, 15) is 4.79 Å². The predicted octanol–water partition coefficient (Wildman–Crippen LogP) is 3.55. The number of amides is 1. The Bertz CT molecular complexity index is 955. The van der Waals surface area contributed by atoms with Crippen LogP contribution in [0.2, 0.25) is 0 Å². The molecule has 1 amide bonds. The average Bonchev–Trinajstić information content (AvgIpc) is 3.09. The Hall–Kier alpha value is -2.28. The summed E-state index contributed by atoms with van der Waals surface area (Å²) in [6, 6.07) is 11.6. The second-order valence-electron chi connectivity index (χ2n) is 6.99. The normalized spacial score (nSPS) is 14.0. The zero-order chi connectivity index (χ0) is 18.6. The number of benzene rings is 1. The number of halogens is 2. The smallest absolute Gasteiger partial charge is 0.255 e. The molecule has 0 aliphatic carbocycles. The molecule has 29 heavy (non-hydrogen) atoms. The molecule has 6 nitrogen and oxygen atoms in total. The molecule has 2 aromatic heterocycles. The highest BCUT2D eigenvalue weighted by molar-refractivity contribution is 5.97. The number of para-hydroxylation sites is 1. The lowest BCUT2D eigenvalue weighted by Gasteiger charge is -2.24. The standard InChI is InChI=1S/C21H24N4O2.2ClH/c1-15-6-7-20-23-17(13-25(20)12-15)14-27-19-5-3-2-4-18(19)21(26)24-16-8-10-22-11-9-16;;/h2-7,12-13,16,22H,8-11,14H2,1H3,(H,24,26);2*1H. The second-order valence-corrected chi connectivity index (χ2v) is 6.99. The molecule has 0 saturated carbocycles. The van der Waals surface area contributed by atoms with Gasteiger partial charge in [-0.25, -0.2) is 4.98 Å². The van der Waals surface area contributed by atoms with Crippen molar-refractivity contribution in [3.8, 4) is 5.75 Å². The summed E-state index contributed by atoms with van der Waals surface area (Å²) in [6.07, 6.45) is 5.90. The molecule has 0 spiro atoms. The van der Waals surface area contributed by atoms with Crippen LogP contribution in [-0.4, -0.2) is 34.4 Å². The van der Waals surface area contributed by atoms with E-state index in [0.717, 1.165) is 37.3 Å². The van der Waals surface area contributed by atoms with Gasteiger partial charge in [-0.15, -0.1) is 24.8 Å². The maximum absolute atomic E-state index is 12.7. The lowest BCUT2D eigenvalue weighted by molar-refractivity contribution is 0.0925. The predicted molar refractivity (Wildman–Crippen MR) is 119 cm³/mol. The molecular formula is C21H26Cl2N4O2. The lowest BCUT2D eigenvalue weighted by Crippen LogP contribution is -2.42. The largest absolute Gasteiger partial charge is 0.486 e. The molecule has 0 radical (unpaired) electrons. The fourth-order valence-corrected chi connectivity index (χ4v) is 3.39. The van der Waals surface area contributed by atoms with Gasteiger partial charge in [-0.3, -0.25) is 4.79 Å². The van der Waals surface area contributed by atoms with Crippen molar-refractivity contribution in [2.24, 2.45) is 0 Å².